The van der Waals surface area contributed by atoms with Crippen LogP contribution >= 0.6 is 0 Å². The van der Waals surface area contributed by atoms with Crippen LogP contribution in [-0.2, 0) is 17.9 Å². The summed E-state index contributed by atoms with van der Waals surface area (Å²) in [6.45, 7) is -0.317. The third-order valence-corrected chi connectivity index (χ3v) is 5.12. The van der Waals surface area contributed by atoms with Gasteiger partial charge in [-0.3, -0.25) is 18.7 Å². The predicted octanol–water partition coefficient (Wildman–Crippen LogP) is 1.20. The molecule has 0 aliphatic heterocycles. The van der Waals surface area contributed by atoms with Gasteiger partial charge in [-0.1, -0.05) is 25.0 Å². The van der Waals surface area contributed by atoms with Gasteiger partial charge in [0.25, 0.3) is 5.56 Å². The molecule has 4 rings (SSSR count). The molecule has 8 nitrogen and oxygen atoms in total. The summed E-state index contributed by atoms with van der Waals surface area (Å²) in [7, 11) is 0. The number of amides is 1. The molecule has 1 fully saturated rings. The van der Waals surface area contributed by atoms with Crippen LogP contribution in [0.1, 0.15) is 31.2 Å². The smallest absolute Gasteiger partial charge is 0.333 e. The summed E-state index contributed by atoms with van der Waals surface area (Å²) in [6.07, 6.45) is 6.72. The fourth-order valence-corrected chi connectivity index (χ4v) is 3.67. The minimum Gasteiger partial charge on any atom is -0.352 e. The zero-order valence-corrected chi connectivity index (χ0v) is 15.7. The lowest BCUT2D eigenvalue weighted by atomic mass is 10.2. The summed E-state index contributed by atoms with van der Waals surface area (Å²) in [5.41, 5.74) is -0.609. The van der Waals surface area contributed by atoms with Gasteiger partial charge in [-0.25, -0.2) is 19.2 Å². The minimum absolute atomic E-state index is 0.00266. The van der Waals surface area contributed by atoms with Gasteiger partial charge in [-0.2, -0.15) is 0 Å². The number of nitrogens with one attached hydrogen (secondary N) is 1. The van der Waals surface area contributed by atoms with Gasteiger partial charge in [-0.05, 0) is 30.5 Å². The Hall–Kier alpha value is -3.36. The van der Waals surface area contributed by atoms with Gasteiger partial charge in [0.2, 0.25) is 5.91 Å². The van der Waals surface area contributed by atoms with E-state index in [1.165, 1.54) is 36.7 Å². The Morgan fingerprint density at radius 3 is 2.48 bits per heavy atom. The van der Waals surface area contributed by atoms with Crippen LogP contribution in [0.3, 0.4) is 0 Å². The molecule has 0 radical (unpaired) electrons. The summed E-state index contributed by atoms with van der Waals surface area (Å²) in [4.78, 5) is 46.5. The molecule has 0 unspecified atom stereocenters. The van der Waals surface area contributed by atoms with Crippen molar-refractivity contribution >= 4 is 17.1 Å². The number of benzene rings is 1. The van der Waals surface area contributed by atoms with Gasteiger partial charge in [-0.15, -0.1) is 0 Å². The Morgan fingerprint density at radius 1 is 1.07 bits per heavy atom. The fourth-order valence-electron chi connectivity index (χ4n) is 3.67. The van der Waals surface area contributed by atoms with Crippen LogP contribution in [0.4, 0.5) is 4.39 Å². The first-order chi connectivity index (χ1) is 14.0. The summed E-state index contributed by atoms with van der Waals surface area (Å²) in [5, 5.41) is 2.93. The SMILES string of the molecule is O=C(Cn1c(=O)n(Cc2ccc(F)cc2)c(=O)c2nccnc21)NC1CCCC1. The lowest BCUT2D eigenvalue weighted by molar-refractivity contribution is -0.122. The van der Waals surface area contributed by atoms with Crippen molar-refractivity contribution in [1.29, 1.82) is 0 Å². The van der Waals surface area contributed by atoms with Crippen molar-refractivity contribution in [1.82, 2.24) is 24.4 Å². The van der Waals surface area contributed by atoms with E-state index in [1.54, 1.807) is 0 Å². The molecule has 1 aliphatic carbocycles. The summed E-state index contributed by atoms with van der Waals surface area (Å²) < 4.78 is 15.3. The van der Waals surface area contributed by atoms with Gasteiger partial charge in [0.15, 0.2) is 11.2 Å². The average molecular weight is 397 g/mol. The second kappa shape index (κ2) is 7.94. The Balaban J connectivity index is 1.74. The topological polar surface area (TPSA) is 98.9 Å². The highest BCUT2D eigenvalue weighted by Gasteiger charge is 2.20. The normalized spacial score (nSPS) is 14.4. The Morgan fingerprint density at radius 2 is 1.76 bits per heavy atom. The minimum atomic E-state index is -0.658. The van der Waals surface area contributed by atoms with E-state index in [1.807, 2.05) is 0 Å². The first-order valence-corrected chi connectivity index (χ1v) is 9.51. The Bertz CT molecular complexity index is 1160. The van der Waals surface area contributed by atoms with E-state index < -0.39 is 17.1 Å². The highest BCUT2D eigenvalue weighted by Crippen LogP contribution is 2.17. The summed E-state index contributed by atoms with van der Waals surface area (Å²) in [6, 6.07) is 5.63. The van der Waals surface area contributed by atoms with Crippen molar-refractivity contribution in [3.63, 3.8) is 0 Å². The van der Waals surface area contributed by atoms with Crippen LogP contribution in [0.15, 0.2) is 46.2 Å². The first-order valence-electron chi connectivity index (χ1n) is 9.51. The average Bonchev–Trinajstić information content (AvgIpc) is 3.23. The number of carbonyl (C=O) groups is 1. The van der Waals surface area contributed by atoms with Crippen LogP contribution in [-0.4, -0.2) is 31.1 Å². The van der Waals surface area contributed by atoms with Gasteiger partial charge < -0.3 is 5.32 Å². The van der Waals surface area contributed by atoms with E-state index >= 15 is 0 Å². The molecule has 0 saturated heterocycles. The highest BCUT2D eigenvalue weighted by atomic mass is 19.1. The van der Waals surface area contributed by atoms with E-state index in [2.05, 4.69) is 15.3 Å². The maximum Gasteiger partial charge on any atom is 0.333 e. The number of hydrogen-bond acceptors (Lipinski definition) is 5. The van der Waals surface area contributed by atoms with Crippen molar-refractivity contribution < 1.29 is 9.18 Å². The van der Waals surface area contributed by atoms with Crippen molar-refractivity contribution in [3.05, 3.63) is 68.9 Å². The molecule has 0 atom stereocenters. The maximum absolute atomic E-state index is 13.2. The lowest BCUT2D eigenvalue weighted by Gasteiger charge is -2.15. The highest BCUT2D eigenvalue weighted by molar-refractivity contribution is 5.78. The van der Waals surface area contributed by atoms with Crippen LogP contribution in [0.5, 0.6) is 0 Å². The lowest BCUT2D eigenvalue weighted by Crippen LogP contribution is -2.44. The van der Waals surface area contributed by atoms with Crippen LogP contribution in [0.25, 0.3) is 11.2 Å². The number of fused-ring (bicyclic) bond motifs is 1. The second-order valence-corrected chi connectivity index (χ2v) is 7.16. The first kappa shape index (κ1) is 19.0. The van der Waals surface area contributed by atoms with Gasteiger partial charge in [0.05, 0.1) is 6.54 Å². The standard InChI is InChI=1S/C20H20FN5O3/c21-14-7-5-13(6-8-14)11-26-19(28)17-18(23-10-9-22-17)25(20(26)29)12-16(27)24-15-3-1-2-4-15/h5-10,15H,1-4,11-12H2,(H,24,27). The molecular weight excluding hydrogens is 377 g/mol. The van der Waals surface area contributed by atoms with Gasteiger partial charge in [0, 0.05) is 18.4 Å². The molecule has 1 aromatic carbocycles. The number of halogens is 1. The zero-order valence-electron chi connectivity index (χ0n) is 15.7. The molecule has 1 saturated carbocycles. The molecule has 2 heterocycles. The molecule has 1 aliphatic rings. The van der Waals surface area contributed by atoms with Gasteiger partial charge >= 0.3 is 5.69 Å². The monoisotopic (exact) mass is 397 g/mol. The summed E-state index contributed by atoms with van der Waals surface area (Å²) >= 11 is 0. The molecular formula is C20H20FN5O3. The van der Waals surface area contributed by atoms with Crippen molar-refractivity contribution in [2.24, 2.45) is 0 Å². The molecule has 3 aromatic rings. The van der Waals surface area contributed by atoms with E-state index in [-0.39, 0.29) is 36.2 Å². The van der Waals surface area contributed by atoms with Crippen molar-refractivity contribution in [2.45, 2.75) is 44.8 Å². The maximum atomic E-state index is 13.2. The van der Waals surface area contributed by atoms with Crippen LogP contribution < -0.4 is 16.6 Å². The summed E-state index contributed by atoms with van der Waals surface area (Å²) in [5.74, 6) is -0.718. The Kier molecular flexibility index (Phi) is 5.20. The zero-order chi connectivity index (χ0) is 20.4. The van der Waals surface area contributed by atoms with Gasteiger partial charge in [0.1, 0.15) is 12.4 Å². The molecule has 29 heavy (non-hydrogen) atoms. The number of hydrogen-bond donors (Lipinski definition) is 1. The number of nitrogens with zero attached hydrogens (tertiary/aromatic N) is 4. The molecule has 0 bridgehead atoms. The van der Waals surface area contributed by atoms with Crippen LogP contribution in [0, 0.1) is 5.82 Å². The quantitative estimate of drug-likeness (QED) is 0.698. The second-order valence-electron chi connectivity index (χ2n) is 7.16. The number of rotatable bonds is 5. The number of aromatic nitrogens is 4. The third kappa shape index (κ3) is 3.94. The molecule has 0 spiro atoms. The van der Waals surface area contributed by atoms with E-state index in [4.69, 9.17) is 0 Å². The van der Waals surface area contributed by atoms with E-state index in [0.29, 0.717) is 5.56 Å². The molecule has 1 N–H and O–H groups in total. The van der Waals surface area contributed by atoms with Crippen LogP contribution in [0.2, 0.25) is 0 Å². The molecule has 150 valence electrons. The van der Waals surface area contributed by atoms with Crippen molar-refractivity contribution in [3.8, 4) is 0 Å². The third-order valence-electron chi connectivity index (χ3n) is 5.12. The Labute approximate surface area is 165 Å². The fraction of sp³-hybridized carbons (Fsp3) is 0.350. The largest absolute Gasteiger partial charge is 0.352 e. The van der Waals surface area contributed by atoms with E-state index in [9.17, 15) is 18.8 Å². The predicted molar refractivity (Wildman–Crippen MR) is 104 cm³/mol. The number of carbonyl (C=O) groups excluding carboxylic acids is 1. The van der Waals surface area contributed by atoms with E-state index in [0.717, 1.165) is 34.8 Å². The molecule has 2 aromatic heterocycles. The molecule has 9 heteroatoms. The van der Waals surface area contributed by atoms with Crippen molar-refractivity contribution in [2.75, 3.05) is 0 Å². The molecule has 1 amide bonds.